The van der Waals surface area contributed by atoms with Crippen molar-refractivity contribution in [1.82, 2.24) is 4.90 Å². The monoisotopic (exact) mass is 440 g/mol. The zero-order chi connectivity index (χ0) is 20.0. The molecule has 1 amide bonds. The molecule has 2 aromatic rings. The highest BCUT2D eigenvalue weighted by Gasteiger charge is 2.29. The van der Waals surface area contributed by atoms with E-state index < -0.39 is 23.6 Å². The van der Waals surface area contributed by atoms with Crippen molar-refractivity contribution in [3.05, 3.63) is 64.1 Å². The lowest BCUT2D eigenvalue weighted by Crippen LogP contribution is -2.38. The van der Waals surface area contributed by atoms with E-state index in [-0.39, 0.29) is 24.6 Å². The average molecular weight is 441 g/mol. The molecule has 0 radical (unpaired) electrons. The number of ether oxygens (including phenoxy) is 1. The first kappa shape index (κ1) is 21.0. The van der Waals surface area contributed by atoms with Crippen molar-refractivity contribution in [2.45, 2.75) is 13.0 Å². The molecule has 0 saturated heterocycles. The van der Waals surface area contributed by atoms with Crippen LogP contribution in [0.2, 0.25) is 0 Å². The van der Waals surface area contributed by atoms with Crippen LogP contribution in [0.5, 0.6) is 0 Å². The van der Waals surface area contributed by atoms with Gasteiger partial charge in [0.15, 0.2) is 11.6 Å². The average Bonchev–Trinajstić information content (AvgIpc) is 2.60. The van der Waals surface area contributed by atoms with E-state index in [4.69, 9.17) is 4.74 Å². The van der Waals surface area contributed by atoms with Crippen LogP contribution in [-0.2, 0) is 14.3 Å². The number of carbonyl (C=O) groups is 2. The third-order valence-electron chi connectivity index (χ3n) is 3.75. The summed E-state index contributed by atoms with van der Waals surface area (Å²) in [6, 6.07) is 9.19. The molecule has 8 heteroatoms. The number of anilines is 1. The largest absolute Gasteiger partial charge is 0.465 e. The van der Waals surface area contributed by atoms with Crippen LogP contribution in [0.25, 0.3) is 0 Å². The molecule has 5 nitrogen and oxygen atoms in total. The number of hydrogen-bond acceptors (Lipinski definition) is 4. The summed E-state index contributed by atoms with van der Waals surface area (Å²) >= 11 is 3.34. The molecule has 0 aliphatic heterocycles. The normalized spacial score (nSPS) is 11.9. The predicted molar refractivity (Wildman–Crippen MR) is 101 cm³/mol. The van der Waals surface area contributed by atoms with Gasteiger partial charge in [0, 0.05) is 4.47 Å². The van der Waals surface area contributed by atoms with Gasteiger partial charge >= 0.3 is 5.97 Å². The van der Waals surface area contributed by atoms with Crippen LogP contribution >= 0.6 is 15.9 Å². The van der Waals surface area contributed by atoms with Crippen molar-refractivity contribution in [3.63, 3.8) is 0 Å². The van der Waals surface area contributed by atoms with Gasteiger partial charge in [0.1, 0.15) is 6.04 Å². The Balaban J connectivity index is 2.19. The van der Waals surface area contributed by atoms with Crippen LogP contribution in [0.4, 0.5) is 14.5 Å². The molecule has 0 bridgehead atoms. The summed E-state index contributed by atoms with van der Waals surface area (Å²) in [5.41, 5.74) is 0.778. The van der Waals surface area contributed by atoms with Gasteiger partial charge in [-0.1, -0.05) is 18.2 Å². The first-order chi connectivity index (χ1) is 12.8. The minimum atomic E-state index is -1.08. The summed E-state index contributed by atoms with van der Waals surface area (Å²) in [6.07, 6.45) is 0. The second kappa shape index (κ2) is 9.57. The number of hydrogen-bond donors (Lipinski definition) is 1. The summed E-state index contributed by atoms with van der Waals surface area (Å²) in [7, 11) is 1.53. The van der Waals surface area contributed by atoms with E-state index in [1.54, 1.807) is 25.1 Å². The van der Waals surface area contributed by atoms with E-state index in [0.29, 0.717) is 10.2 Å². The van der Waals surface area contributed by atoms with Gasteiger partial charge in [-0.2, -0.15) is 0 Å². The minimum absolute atomic E-state index is 0.121. The van der Waals surface area contributed by atoms with Crippen molar-refractivity contribution in [2.24, 2.45) is 0 Å². The molecular formula is C19H19BrF2N2O3. The van der Waals surface area contributed by atoms with Crippen molar-refractivity contribution in [1.29, 1.82) is 0 Å². The minimum Gasteiger partial charge on any atom is -0.465 e. The Morgan fingerprint density at radius 2 is 1.89 bits per heavy atom. The number of nitrogens with one attached hydrogen (secondary N) is 1. The zero-order valence-electron chi connectivity index (χ0n) is 14.8. The predicted octanol–water partition coefficient (Wildman–Crippen LogP) is 3.90. The Morgan fingerprint density at radius 3 is 2.52 bits per heavy atom. The summed E-state index contributed by atoms with van der Waals surface area (Å²) in [5.74, 6) is -3.12. The molecule has 0 heterocycles. The van der Waals surface area contributed by atoms with Crippen LogP contribution in [0, 0.1) is 11.6 Å². The van der Waals surface area contributed by atoms with Crippen LogP contribution in [0.3, 0.4) is 0 Å². The number of benzene rings is 2. The maximum absolute atomic E-state index is 13.6. The Labute approximate surface area is 164 Å². The highest BCUT2D eigenvalue weighted by atomic mass is 79.9. The number of esters is 1. The molecule has 1 atom stereocenters. The van der Waals surface area contributed by atoms with Crippen LogP contribution < -0.4 is 5.32 Å². The van der Waals surface area contributed by atoms with E-state index in [1.165, 1.54) is 18.0 Å². The van der Waals surface area contributed by atoms with Gasteiger partial charge in [-0.05, 0) is 59.7 Å². The number of nitrogens with zero attached hydrogens (tertiary/aromatic N) is 1. The Kier molecular flexibility index (Phi) is 7.44. The molecule has 0 unspecified atom stereocenters. The van der Waals surface area contributed by atoms with Gasteiger partial charge in [0.2, 0.25) is 5.91 Å². The van der Waals surface area contributed by atoms with Crippen molar-refractivity contribution in [3.8, 4) is 0 Å². The highest BCUT2D eigenvalue weighted by Crippen LogP contribution is 2.24. The number of carbonyl (C=O) groups excluding carboxylic acids is 2. The van der Waals surface area contributed by atoms with E-state index in [2.05, 4.69) is 21.2 Å². The lowest BCUT2D eigenvalue weighted by atomic mass is 10.1. The summed E-state index contributed by atoms with van der Waals surface area (Å²) in [6.45, 7) is 1.60. The third kappa shape index (κ3) is 5.58. The van der Waals surface area contributed by atoms with Crippen molar-refractivity contribution in [2.75, 3.05) is 25.5 Å². The summed E-state index contributed by atoms with van der Waals surface area (Å²) < 4.78 is 32.6. The summed E-state index contributed by atoms with van der Waals surface area (Å²) in [4.78, 5) is 26.1. The number of likely N-dealkylation sites (N-methyl/N-ethyl adjacent to an activating group) is 1. The van der Waals surface area contributed by atoms with Crippen LogP contribution in [0.15, 0.2) is 46.9 Å². The van der Waals surface area contributed by atoms with Gasteiger partial charge in [-0.15, -0.1) is 0 Å². The fraction of sp³-hybridized carbons (Fsp3) is 0.263. The highest BCUT2D eigenvalue weighted by molar-refractivity contribution is 9.10. The molecular weight excluding hydrogens is 422 g/mol. The standard InChI is InChI=1S/C19H19BrF2N2O3/c1-3-27-19(26)18(12-8-9-14(21)15(22)10-12)24(2)11-17(25)23-16-7-5-4-6-13(16)20/h4-10,18H,3,11H2,1-2H3,(H,23,25)/t18-/m0/s1. The first-order valence-electron chi connectivity index (χ1n) is 8.19. The van der Waals surface area contributed by atoms with Gasteiger partial charge in [-0.25, -0.2) is 13.6 Å². The second-order valence-corrected chi connectivity index (χ2v) is 6.63. The smallest absolute Gasteiger partial charge is 0.328 e. The maximum atomic E-state index is 13.6. The number of para-hydroxylation sites is 1. The van der Waals surface area contributed by atoms with Gasteiger partial charge in [0.25, 0.3) is 0 Å². The molecule has 2 rings (SSSR count). The molecule has 2 aromatic carbocycles. The SMILES string of the molecule is CCOC(=O)[C@H](c1ccc(F)c(F)c1)N(C)CC(=O)Nc1ccccc1Br. The Hall–Kier alpha value is -2.32. The molecule has 0 aliphatic rings. The van der Waals surface area contributed by atoms with Gasteiger partial charge < -0.3 is 10.1 Å². The topological polar surface area (TPSA) is 58.6 Å². The van der Waals surface area contributed by atoms with Gasteiger partial charge in [0.05, 0.1) is 18.8 Å². The van der Waals surface area contributed by atoms with E-state index in [0.717, 1.165) is 12.1 Å². The Morgan fingerprint density at radius 1 is 1.19 bits per heavy atom. The quantitative estimate of drug-likeness (QED) is 0.663. The summed E-state index contributed by atoms with van der Waals surface area (Å²) in [5, 5.41) is 2.73. The molecule has 0 fully saturated rings. The van der Waals surface area contributed by atoms with Crippen molar-refractivity contribution < 1.29 is 23.1 Å². The number of halogens is 3. The fourth-order valence-electron chi connectivity index (χ4n) is 2.54. The van der Waals surface area contributed by atoms with E-state index in [9.17, 15) is 18.4 Å². The van der Waals surface area contributed by atoms with E-state index in [1.807, 2.05) is 6.07 Å². The lowest BCUT2D eigenvalue weighted by molar-refractivity contribution is -0.149. The molecule has 0 saturated carbocycles. The Bertz CT molecular complexity index is 832. The lowest BCUT2D eigenvalue weighted by Gasteiger charge is -2.26. The second-order valence-electron chi connectivity index (χ2n) is 5.77. The molecule has 27 heavy (non-hydrogen) atoms. The molecule has 144 valence electrons. The number of amides is 1. The third-order valence-corrected chi connectivity index (χ3v) is 4.44. The molecule has 0 spiro atoms. The van der Waals surface area contributed by atoms with Crippen LogP contribution in [0.1, 0.15) is 18.5 Å². The van der Waals surface area contributed by atoms with Crippen LogP contribution in [-0.4, -0.2) is 37.0 Å². The fourth-order valence-corrected chi connectivity index (χ4v) is 2.93. The van der Waals surface area contributed by atoms with Gasteiger partial charge in [-0.3, -0.25) is 9.69 Å². The van der Waals surface area contributed by atoms with E-state index >= 15 is 0 Å². The first-order valence-corrected chi connectivity index (χ1v) is 8.99. The molecule has 0 aromatic heterocycles. The molecule has 1 N–H and O–H groups in total. The van der Waals surface area contributed by atoms with Crippen molar-refractivity contribution >= 4 is 33.5 Å². The zero-order valence-corrected chi connectivity index (χ0v) is 16.4. The maximum Gasteiger partial charge on any atom is 0.328 e. The molecule has 0 aliphatic carbocycles. The number of rotatable bonds is 7.